The van der Waals surface area contributed by atoms with Crippen molar-refractivity contribution >= 4 is 23.8 Å². The summed E-state index contributed by atoms with van der Waals surface area (Å²) in [6, 6.07) is -1.20. The highest BCUT2D eigenvalue weighted by molar-refractivity contribution is 8.00. The maximum atomic E-state index is 11.8. The molecule has 110 valence electrons. The normalized spacial score (nSPS) is 19.9. The number of carbonyl (C=O) groups excluding carboxylic acids is 1. The highest BCUT2D eigenvalue weighted by Crippen LogP contribution is 2.42. The van der Waals surface area contributed by atoms with Gasteiger partial charge in [-0.15, -0.1) is 0 Å². The predicted molar refractivity (Wildman–Crippen MR) is 77.5 cm³/mol. The van der Waals surface area contributed by atoms with Crippen LogP contribution in [0.3, 0.4) is 0 Å². The first-order chi connectivity index (χ1) is 8.94. The topological polar surface area (TPSA) is 78.4 Å². The minimum atomic E-state index is -0.979. The molecule has 1 aliphatic rings. The van der Waals surface area contributed by atoms with Gasteiger partial charge in [0.1, 0.15) is 6.04 Å². The lowest BCUT2D eigenvalue weighted by atomic mass is 9.84. The second-order valence-electron chi connectivity index (χ2n) is 5.27. The van der Waals surface area contributed by atoms with Gasteiger partial charge in [0.15, 0.2) is 0 Å². The lowest BCUT2D eigenvalue weighted by Gasteiger charge is -2.40. The highest BCUT2D eigenvalue weighted by atomic mass is 32.2. The first-order valence-electron chi connectivity index (χ1n) is 6.76. The molecule has 0 bridgehead atoms. The SMILES string of the molecule is CC[C@H](C)[C@H](NC(=O)NCC1(SC)CCC1)C(=O)O. The summed E-state index contributed by atoms with van der Waals surface area (Å²) < 4.78 is 0.159. The molecule has 0 spiro atoms. The van der Waals surface area contributed by atoms with Crippen LogP contribution in [0.4, 0.5) is 4.79 Å². The van der Waals surface area contributed by atoms with Crippen LogP contribution < -0.4 is 10.6 Å². The standard InChI is InChI=1S/C13H24N2O3S/c1-4-9(2)10(11(16)17)15-12(18)14-8-13(19-3)6-5-7-13/h9-10H,4-8H2,1-3H3,(H,16,17)(H2,14,15,18)/t9-,10-/m0/s1. The third-order valence-electron chi connectivity index (χ3n) is 4.03. The lowest BCUT2D eigenvalue weighted by molar-refractivity contribution is -0.140. The van der Waals surface area contributed by atoms with Gasteiger partial charge in [-0.2, -0.15) is 11.8 Å². The molecule has 1 saturated carbocycles. The van der Waals surface area contributed by atoms with Crippen LogP contribution in [-0.2, 0) is 4.79 Å². The van der Waals surface area contributed by atoms with Crippen molar-refractivity contribution in [3.05, 3.63) is 0 Å². The first kappa shape index (κ1) is 16.1. The molecule has 2 amide bonds. The third-order valence-corrected chi connectivity index (χ3v) is 5.45. The van der Waals surface area contributed by atoms with Crippen LogP contribution >= 0.6 is 11.8 Å². The summed E-state index contributed by atoms with van der Waals surface area (Å²) in [4.78, 5) is 22.9. The average molecular weight is 288 g/mol. The second-order valence-corrected chi connectivity index (χ2v) is 6.54. The summed E-state index contributed by atoms with van der Waals surface area (Å²) in [5, 5.41) is 14.5. The fraction of sp³-hybridized carbons (Fsp3) is 0.846. The highest BCUT2D eigenvalue weighted by Gasteiger charge is 2.36. The van der Waals surface area contributed by atoms with E-state index in [1.54, 1.807) is 11.8 Å². The van der Waals surface area contributed by atoms with Gasteiger partial charge in [0.25, 0.3) is 0 Å². The van der Waals surface area contributed by atoms with Gasteiger partial charge in [0.05, 0.1) is 0 Å². The Balaban J connectivity index is 2.42. The smallest absolute Gasteiger partial charge is 0.326 e. The number of carbonyl (C=O) groups is 2. The van der Waals surface area contributed by atoms with Crippen LogP contribution in [0, 0.1) is 5.92 Å². The summed E-state index contributed by atoms with van der Waals surface area (Å²) >= 11 is 1.78. The molecule has 1 fully saturated rings. The van der Waals surface area contributed by atoms with Gasteiger partial charge in [-0.05, 0) is 25.0 Å². The van der Waals surface area contributed by atoms with E-state index in [1.807, 2.05) is 13.8 Å². The number of thioether (sulfide) groups is 1. The quantitative estimate of drug-likeness (QED) is 0.670. The van der Waals surface area contributed by atoms with Crippen molar-refractivity contribution in [3.63, 3.8) is 0 Å². The summed E-state index contributed by atoms with van der Waals surface area (Å²) in [6.45, 7) is 4.35. The van der Waals surface area contributed by atoms with Crippen LogP contribution in [-0.4, -0.2) is 40.7 Å². The van der Waals surface area contributed by atoms with E-state index in [2.05, 4.69) is 16.9 Å². The maximum absolute atomic E-state index is 11.8. The van der Waals surface area contributed by atoms with Crippen molar-refractivity contribution in [1.29, 1.82) is 0 Å². The van der Waals surface area contributed by atoms with E-state index >= 15 is 0 Å². The largest absolute Gasteiger partial charge is 0.480 e. The van der Waals surface area contributed by atoms with E-state index in [-0.39, 0.29) is 16.7 Å². The van der Waals surface area contributed by atoms with Gasteiger partial charge in [-0.25, -0.2) is 9.59 Å². The fourth-order valence-electron chi connectivity index (χ4n) is 2.14. The number of aliphatic carboxylic acids is 1. The Morgan fingerprint density at radius 2 is 2.05 bits per heavy atom. The van der Waals surface area contributed by atoms with E-state index in [4.69, 9.17) is 5.11 Å². The van der Waals surface area contributed by atoms with Crippen LogP contribution in [0.2, 0.25) is 0 Å². The molecule has 5 nitrogen and oxygen atoms in total. The zero-order valence-corrected chi connectivity index (χ0v) is 12.7. The van der Waals surface area contributed by atoms with E-state index in [0.717, 1.165) is 12.8 Å². The number of urea groups is 1. The number of hydrogen-bond acceptors (Lipinski definition) is 3. The molecule has 0 saturated heterocycles. The molecule has 0 aromatic rings. The zero-order valence-electron chi connectivity index (χ0n) is 11.9. The molecule has 2 atom stereocenters. The molecule has 0 heterocycles. The van der Waals surface area contributed by atoms with E-state index in [0.29, 0.717) is 13.0 Å². The molecular formula is C13H24N2O3S. The van der Waals surface area contributed by atoms with Crippen molar-refractivity contribution in [2.24, 2.45) is 5.92 Å². The van der Waals surface area contributed by atoms with E-state index in [1.165, 1.54) is 6.42 Å². The summed E-state index contributed by atoms with van der Waals surface area (Å²) in [5.41, 5.74) is 0. The van der Waals surface area contributed by atoms with Crippen molar-refractivity contribution in [2.75, 3.05) is 12.8 Å². The number of carboxylic acid groups (broad SMARTS) is 1. The molecule has 1 aliphatic carbocycles. The number of hydrogen-bond donors (Lipinski definition) is 3. The van der Waals surface area contributed by atoms with Crippen LogP contribution in [0.5, 0.6) is 0 Å². The van der Waals surface area contributed by atoms with Crippen molar-refractivity contribution in [3.8, 4) is 0 Å². The van der Waals surface area contributed by atoms with Gasteiger partial charge in [0.2, 0.25) is 0 Å². The maximum Gasteiger partial charge on any atom is 0.326 e. The van der Waals surface area contributed by atoms with Crippen molar-refractivity contribution in [2.45, 2.75) is 50.3 Å². The Labute approximate surface area is 118 Å². The molecule has 0 aromatic carbocycles. The monoisotopic (exact) mass is 288 g/mol. The average Bonchev–Trinajstić information content (AvgIpc) is 2.34. The molecule has 6 heteroatoms. The Morgan fingerprint density at radius 3 is 2.42 bits per heavy atom. The number of nitrogens with one attached hydrogen (secondary N) is 2. The molecule has 0 radical (unpaired) electrons. The molecule has 19 heavy (non-hydrogen) atoms. The molecule has 0 aliphatic heterocycles. The van der Waals surface area contributed by atoms with Gasteiger partial charge in [-0.1, -0.05) is 26.7 Å². The zero-order chi connectivity index (χ0) is 14.5. The van der Waals surface area contributed by atoms with Gasteiger partial charge in [0, 0.05) is 11.3 Å². The third kappa shape index (κ3) is 4.30. The number of rotatable bonds is 7. The van der Waals surface area contributed by atoms with Crippen molar-refractivity contribution in [1.82, 2.24) is 10.6 Å². The van der Waals surface area contributed by atoms with Gasteiger partial charge < -0.3 is 15.7 Å². The minimum absolute atomic E-state index is 0.0820. The number of carboxylic acids is 1. The van der Waals surface area contributed by atoms with Gasteiger partial charge >= 0.3 is 12.0 Å². The summed E-state index contributed by atoms with van der Waals surface area (Å²) in [7, 11) is 0. The lowest BCUT2D eigenvalue weighted by Crippen LogP contribution is -2.53. The molecule has 1 rings (SSSR count). The Kier molecular flexibility index (Phi) is 5.97. The summed E-state index contributed by atoms with van der Waals surface area (Å²) in [5.74, 6) is -1.06. The Morgan fingerprint density at radius 1 is 1.42 bits per heavy atom. The second kappa shape index (κ2) is 7.03. The molecule has 3 N–H and O–H groups in total. The summed E-state index contributed by atoms with van der Waals surface area (Å²) in [6.07, 6.45) is 6.20. The van der Waals surface area contributed by atoms with Crippen LogP contribution in [0.1, 0.15) is 39.5 Å². The minimum Gasteiger partial charge on any atom is -0.480 e. The predicted octanol–water partition coefficient (Wildman–Crippen LogP) is 2.07. The molecule has 0 unspecified atom stereocenters. The Hall–Kier alpha value is -0.910. The van der Waals surface area contributed by atoms with Crippen LogP contribution in [0.25, 0.3) is 0 Å². The molecular weight excluding hydrogens is 264 g/mol. The van der Waals surface area contributed by atoms with Gasteiger partial charge in [-0.3, -0.25) is 0 Å². The Bertz CT molecular complexity index is 326. The van der Waals surface area contributed by atoms with Crippen LogP contribution in [0.15, 0.2) is 0 Å². The molecule has 0 aromatic heterocycles. The van der Waals surface area contributed by atoms with E-state index in [9.17, 15) is 9.59 Å². The van der Waals surface area contributed by atoms with Crippen molar-refractivity contribution < 1.29 is 14.7 Å². The van der Waals surface area contributed by atoms with E-state index < -0.39 is 12.0 Å². The number of amides is 2. The first-order valence-corrected chi connectivity index (χ1v) is 7.99. The fourth-order valence-corrected chi connectivity index (χ4v) is 3.05.